The van der Waals surface area contributed by atoms with Crippen LogP contribution in [0.5, 0.6) is 0 Å². The highest BCUT2D eigenvalue weighted by Crippen LogP contribution is 2.28. The fourth-order valence-electron chi connectivity index (χ4n) is 1.35. The van der Waals surface area contributed by atoms with Gasteiger partial charge in [-0.15, -0.1) is 0 Å². The Morgan fingerprint density at radius 3 is 2.10 bits per heavy atom. The molecule has 0 unspecified atom stereocenters. The molecule has 0 atom stereocenters. The van der Waals surface area contributed by atoms with Crippen LogP contribution in [0.25, 0.3) is 0 Å². The SMILES string of the molecule is O=C(O)C1(NO)CCCC1. The molecule has 0 amide bonds. The van der Waals surface area contributed by atoms with Crippen LogP contribution in [0.4, 0.5) is 0 Å². The maximum atomic E-state index is 10.5. The first-order chi connectivity index (χ1) is 4.71. The number of nitrogens with one attached hydrogen (secondary N) is 1. The zero-order chi connectivity index (χ0) is 7.61. The molecule has 58 valence electrons. The van der Waals surface area contributed by atoms with Crippen molar-refractivity contribution in [2.24, 2.45) is 0 Å². The van der Waals surface area contributed by atoms with Crippen LogP contribution < -0.4 is 5.48 Å². The molecule has 1 aliphatic carbocycles. The quantitative estimate of drug-likeness (QED) is 0.491. The molecule has 0 aromatic carbocycles. The van der Waals surface area contributed by atoms with Crippen LogP contribution in [0.3, 0.4) is 0 Å². The first-order valence-electron chi connectivity index (χ1n) is 3.36. The summed E-state index contributed by atoms with van der Waals surface area (Å²) in [5.74, 6) is -0.951. The van der Waals surface area contributed by atoms with Gasteiger partial charge in [0, 0.05) is 0 Å². The van der Waals surface area contributed by atoms with Crippen molar-refractivity contribution in [3.05, 3.63) is 0 Å². The molecule has 0 saturated heterocycles. The topological polar surface area (TPSA) is 69.6 Å². The molecule has 1 fully saturated rings. The molecule has 0 aliphatic heterocycles. The Morgan fingerprint density at radius 2 is 1.90 bits per heavy atom. The molecule has 0 heterocycles. The van der Waals surface area contributed by atoms with Crippen LogP contribution in [0.15, 0.2) is 0 Å². The first-order valence-corrected chi connectivity index (χ1v) is 3.36. The number of hydrogen-bond acceptors (Lipinski definition) is 3. The molecule has 0 spiro atoms. The number of aliphatic carboxylic acids is 1. The minimum atomic E-state index is -1.04. The van der Waals surface area contributed by atoms with E-state index in [0.717, 1.165) is 12.8 Å². The number of hydrogen-bond donors (Lipinski definition) is 3. The molecule has 10 heavy (non-hydrogen) atoms. The second-order valence-electron chi connectivity index (χ2n) is 2.71. The van der Waals surface area contributed by atoms with Crippen molar-refractivity contribution in [3.63, 3.8) is 0 Å². The average Bonchev–Trinajstić information content (AvgIpc) is 2.35. The van der Waals surface area contributed by atoms with Gasteiger partial charge in [-0.1, -0.05) is 12.8 Å². The first kappa shape index (κ1) is 7.50. The van der Waals surface area contributed by atoms with Gasteiger partial charge in [0.25, 0.3) is 0 Å². The van der Waals surface area contributed by atoms with Gasteiger partial charge in [-0.3, -0.25) is 4.79 Å². The zero-order valence-corrected chi connectivity index (χ0v) is 5.63. The summed E-state index contributed by atoms with van der Waals surface area (Å²) in [5, 5.41) is 17.2. The second-order valence-corrected chi connectivity index (χ2v) is 2.71. The lowest BCUT2D eigenvalue weighted by atomic mass is 10.00. The maximum absolute atomic E-state index is 10.5. The molecule has 0 aromatic rings. The highest BCUT2D eigenvalue weighted by atomic mass is 16.5. The fraction of sp³-hybridized carbons (Fsp3) is 0.833. The minimum absolute atomic E-state index is 0.527. The van der Waals surface area contributed by atoms with Gasteiger partial charge in [0.05, 0.1) is 0 Å². The Hall–Kier alpha value is -0.610. The Bertz CT molecular complexity index is 140. The molecular formula is C6H11NO3. The molecule has 1 saturated carbocycles. The van der Waals surface area contributed by atoms with Crippen molar-refractivity contribution in [1.82, 2.24) is 5.48 Å². The third-order valence-corrected chi connectivity index (χ3v) is 2.08. The van der Waals surface area contributed by atoms with Crippen molar-refractivity contribution in [2.75, 3.05) is 0 Å². The number of rotatable bonds is 2. The molecule has 0 radical (unpaired) electrons. The van der Waals surface area contributed by atoms with Crippen LogP contribution in [0.2, 0.25) is 0 Å². The lowest BCUT2D eigenvalue weighted by Gasteiger charge is -2.20. The molecule has 4 heteroatoms. The number of carbonyl (C=O) groups is 1. The minimum Gasteiger partial charge on any atom is -0.480 e. The van der Waals surface area contributed by atoms with Crippen LogP contribution >= 0.6 is 0 Å². The van der Waals surface area contributed by atoms with Crippen molar-refractivity contribution in [1.29, 1.82) is 0 Å². The summed E-state index contributed by atoms with van der Waals surface area (Å²) in [6.45, 7) is 0. The van der Waals surface area contributed by atoms with E-state index in [2.05, 4.69) is 0 Å². The highest BCUT2D eigenvalue weighted by Gasteiger charge is 2.40. The third-order valence-electron chi connectivity index (χ3n) is 2.08. The van der Waals surface area contributed by atoms with Crippen LogP contribution in [0, 0.1) is 0 Å². The van der Waals surface area contributed by atoms with Gasteiger partial charge in [-0.2, -0.15) is 5.48 Å². The van der Waals surface area contributed by atoms with Crippen LogP contribution in [-0.2, 0) is 4.79 Å². The van der Waals surface area contributed by atoms with E-state index < -0.39 is 11.5 Å². The smallest absolute Gasteiger partial charge is 0.326 e. The van der Waals surface area contributed by atoms with E-state index in [9.17, 15) is 4.79 Å². The summed E-state index contributed by atoms with van der Waals surface area (Å²) in [4.78, 5) is 10.5. The molecule has 1 aliphatic rings. The summed E-state index contributed by atoms with van der Waals surface area (Å²) >= 11 is 0. The van der Waals surface area contributed by atoms with E-state index in [1.807, 2.05) is 5.48 Å². The average molecular weight is 145 g/mol. The van der Waals surface area contributed by atoms with E-state index in [4.69, 9.17) is 10.3 Å². The summed E-state index contributed by atoms with van der Waals surface area (Å²) in [6, 6.07) is 0. The molecule has 4 nitrogen and oxygen atoms in total. The van der Waals surface area contributed by atoms with E-state index in [1.54, 1.807) is 0 Å². The van der Waals surface area contributed by atoms with Gasteiger partial charge in [0.15, 0.2) is 0 Å². The third kappa shape index (κ3) is 0.998. The number of carboxylic acids is 1. The molecule has 3 N–H and O–H groups in total. The highest BCUT2D eigenvalue weighted by molar-refractivity contribution is 5.78. The second kappa shape index (κ2) is 2.56. The van der Waals surface area contributed by atoms with Crippen molar-refractivity contribution < 1.29 is 15.1 Å². The van der Waals surface area contributed by atoms with Crippen LogP contribution in [-0.4, -0.2) is 21.8 Å². The molecule has 0 bridgehead atoms. The van der Waals surface area contributed by atoms with Gasteiger partial charge in [0.2, 0.25) is 0 Å². The molecular weight excluding hydrogens is 134 g/mol. The van der Waals surface area contributed by atoms with Gasteiger partial charge in [-0.05, 0) is 12.8 Å². The van der Waals surface area contributed by atoms with Gasteiger partial charge in [0.1, 0.15) is 5.54 Å². The van der Waals surface area contributed by atoms with E-state index in [0.29, 0.717) is 12.8 Å². The predicted molar refractivity (Wildman–Crippen MR) is 33.8 cm³/mol. The van der Waals surface area contributed by atoms with E-state index in [1.165, 1.54) is 0 Å². The number of hydroxylamine groups is 1. The summed E-state index contributed by atoms with van der Waals surface area (Å²) in [5.41, 5.74) is 0.836. The standard InChI is InChI=1S/C6H11NO3/c8-5(9)6(7-10)3-1-2-4-6/h7,10H,1-4H2,(H,8,9). The Labute approximate surface area is 58.8 Å². The van der Waals surface area contributed by atoms with Gasteiger partial charge in [-0.25, -0.2) is 0 Å². The van der Waals surface area contributed by atoms with Crippen LogP contribution in [0.1, 0.15) is 25.7 Å². The predicted octanol–water partition coefficient (Wildman–Crippen LogP) is 0.363. The zero-order valence-electron chi connectivity index (χ0n) is 5.63. The lowest BCUT2D eigenvalue weighted by molar-refractivity contribution is -0.149. The monoisotopic (exact) mass is 145 g/mol. The Balaban J connectivity index is 2.67. The largest absolute Gasteiger partial charge is 0.480 e. The van der Waals surface area contributed by atoms with Crippen molar-refractivity contribution in [3.8, 4) is 0 Å². The maximum Gasteiger partial charge on any atom is 0.326 e. The summed E-state index contributed by atoms with van der Waals surface area (Å²) in [6.07, 6.45) is 2.80. The Morgan fingerprint density at radius 1 is 1.40 bits per heavy atom. The van der Waals surface area contributed by atoms with Crippen molar-refractivity contribution >= 4 is 5.97 Å². The van der Waals surface area contributed by atoms with E-state index >= 15 is 0 Å². The fourth-order valence-corrected chi connectivity index (χ4v) is 1.35. The lowest BCUT2D eigenvalue weighted by Crippen LogP contribution is -2.48. The van der Waals surface area contributed by atoms with Crippen molar-refractivity contribution in [2.45, 2.75) is 31.2 Å². The normalized spacial score (nSPS) is 22.9. The van der Waals surface area contributed by atoms with Gasteiger partial charge >= 0.3 is 5.97 Å². The number of carboxylic acid groups (broad SMARTS) is 1. The Kier molecular flexibility index (Phi) is 1.92. The summed E-state index contributed by atoms with van der Waals surface area (Å²) < 4.78 is 0. The van der Waals surface area contributed by atoms with Gasteiger partial charge < -0.3 is 10.3 Å². The summed E-state index contributed by atoms with van der Waals surface area (Å²) in [7, 11) is 0. The molecule has 0 aromatic heterocycles. The van der Waals surface area contributed by atoms with E-state index in [-0.39, 0.29) is 0 Å². The molecule has 1 rings (SSSR count).